The zero-order valence-corrected chi connectivity index (χ0v) is 21.1. The van der Waals surface area contributed by atoms with Gasteiger partial charge in [0.15, 0.2) is 5.96 Å². The summed E-state index contributed by atoms with van der Waals surface area (Å²) in [6.45, 7) is 7.39. The third-order valence-electron chi connectivity index (χ3n) is 5.92. The van der Waals surface area contributed by atoms with Crippen LogP contribution in [0.3, 0.4) is 0 Å². The molecule has 2 fully saturated rings. The summed E-state index contributed by atoms with van der Waals surface area (Å²) >= 11 is 0. The molecule has 7 nitrogen and oxygen atoms in total. The third kappa shape index (κ3) is 7.08. The second-order valence-electron chi connectivity index (χ2n) is 7.84. The van der Waals surface area contributed by atoms with Crippen LogP contribution in [0.15, 0.2) is 23.2 Å². The van der Waals surface area contributed by atoms with Gasteiger partial charge in [0.1, 0.15) is 11.5 Å². The highest BCUT2D eigenvalue weighted by Gasteiger charge is 2.27. The van der Waals surface area contributed by atoms with Crippen molar-refractivity contribution < 1.29 is 9.47 Å². The van der Waals surface area contributed by atoms with Crippen LogP contribution in [0.1, 0.15) is 32.6 Å². The van der Waals surface area contributed by atoms with E-state index >= 15 is 0 Å². The van der Waals surface area contributed by atoms with Crippen molar-refractivity contribution in [3.63, 3.8) is 0 Å². The van der Waals surface area contributed by atoms with Gasteiger partial charge in [-0.2, -0.15) is 0 Å². The van der Waals surface area contributed by atoms with Gasteiger partial charge in [-0.1, -0.05) is 6.92 Å². The molecule has 0 atom stereocenters. The maximum Gasteiger partial charge on any atom is 0.191 e. The van der Waals surface area contributed by atoms with Crippen LogP contribution >= 0.6 is 24.0 Å². The van der Waals surface area contributed by atoms with Crippen LogP contribution in [0.4, 0.5) is 5.69 Å². The Labute approximate surface area is 198 Å². The fourth-order valence-electron chi connectivity index (χ4n) is 4.00. The van der Waals surface area contributed by atoms with Crippen LogP contribution in [-0.4, -0.2) is 76.9 Å². The van der Waals surface area contributed by atoms with Gasteiger partial charge in [0.25, 0.3) is 0 Å². The summed E-state index contributed by atoms with van der Waals surface area (Å²) in [7, 11) is 5.24. The van der Waals surface area contributed by atoms with Gasteiger partial charge in [0.05, 0.1) is 14.2 Å². The Balaban J connectivity index is 0.00000320. The van der Waals surface area contributed by atoms with Crippen LogP contribution in [-0.2, 0) is 0 Å². The van der Waals surface area contributed by atoms with Crippen LogP contribution in [0.5, 0.6) is 11.5 Å². The van der Waals surface area contributed by atoms with Gasteiger partial charge >= 0.3 is 0 Å². The van der Waals surface area contributed by atoms with Crippen LogP contribution < -0.4 is 25.0 Å². The molecule has 1 aromatic rings. The van der Waals surface area contributed by atoms with E-state index in [1.54, 1.807) is 14.2 Å². The van der Waals surface area contributed by atoms with Crippen molar-refractivity contribution in [2.24, 2.45) is 4.99 Å². The summed E-state index contributed by atoms with van der Waals surface area (Å²) < 4.78 is 10.8. The van der Waals surface area contributed by atoms with E-state index in [1.807, 2.05) is 13.1 Å². The molecule has 0 bridgehead atoms. The Bertz CT molecular complexity index is 653. The first kappa shape index (κ1) is 24.8. The molecule has 30 heavy (non-hydrogen) atoms. The normalized spacial score (nSPS) is 17.5. The zero-order chi connectivity index (χ0) is 20.6. The number of nitrogens with zero attached hydrogens (tertiary/aromatic N) is 3. The first-order chi connectivity index (χ1) is 14.2. The monoisotopic (exact) mass is 531 g/mol. The van der Waals surface area contributed by atoms with Gasteiger partial charge < -0.3 is 25.0 Å². The van der Waals surface area contributed by atoms with E-state index in [2.05, 4.69) is 44.5 Å². The molecule has 1 aliphatic heterocycles. The Morgan fingerprint density at radius 1 is 1.10 bits per heavy atom. The van der Waals surface area contributed by atoms with Crippen molar-refractivity contribution in [3.8, 4) is 11.5 Å². The average molecular weight is 531 g/mol. The molecule has 1 heterocycles. The highest BCUT2D eigenvalue weighted by Crippen LogP contribution is 2.30. The lowest BCUT2D eigenvalue weighted by molar-refractivity contribution is 0.281. The fourth-order valence-corrected chi connectivity index (χ4v) is 4.00. The number of anilines is 1. The number of ether oxygens (including phenoxy) is 2. The SMILES string of the molecule is CCN(CCNC(=NC)NC1CCN(c2cc(OC)cc(OC)c2)CC1)C1CC1.I. The molecule has 1 saturated heterocycles. The second-order valence-corrected chi connectivity index (χ2v) is 7.84. The Morgan fingerprint density at radius 2 is 1.73 bits per heavy atom. The number of methoxy groups -OCH3 is 2. The molecule has 0 amide bonds. The number of nitrogens with one attached hydrogen (secondary N) is 2. The number of likely N-dealkylation sites (N-methyl/N-ethyl adjacent to an activating group) is 1. The molecule has 2 aliphatic rings. The Morgan fingerprint density at radius 3 is 2.23 bits per heavy atom. The van der Waals surface area contributed by atoms with Crippen molar-refractivity contribution in [2.45, 2.75) is 44.7 Å². The van der Waals surface area contributed by atoms with Gasteiger partial charge in [-0.05, 0) is 32.2 Å². The third-order valence-corrected chi connectivity index (χ3v) is 5.92. The van der Waals surface area contributed by atoms with E-state index in [9.17, 15) is 0 Å². The van der Waals surface area contributed by atoms with Gasteiger partial charge in [0.2, 0.25) is 0 Å². The predicted molar refractivity (Wildman–Crippen MR) is 135 cm³/mol. The van der Waals surface area contributed by atoms with Crippen molar-refractivity contribution >= 4 is 35.6 Å². The fraction of sp³-hybridized carbons (Fsp3) is 0.682. The molecular weight excluding hydrogens is 493 g/mol. The minimum absolute atomic E-state index is 0. The summed E-state index contributed by atoms with van der Waals surface area (Å²) in [5, 5.41) is 7.09. The standard InChI is InChI=1S/C22H37N5O2.HI/c1-5-26(18-6-7-18)13-10-24-22(23-2)25-17-8-11-27(12-9-17)19-14-20(28-3)16-21(15-19)29-4;/h14-18H,5-13H2,1-4H3,(H2,23,24,25);1H. The summed E-state index contributed by atoms with van der Waals surface area (Å²) in [4.78, 5) is 9.37. The number of hydrogen-bond donors (Lipinski definition) is 2. The summed E-state index contributed by atoms with van der Waals surface area (Å²) in [5.74, 6) is 2.58. The van der Waals surface area contributed by atoms with Crippen molar-refractivity contribution in [1.82, 2.24) is 15.5 Å². The zero-order valence-electron chi connectivity index (χ0n) is 18.8. The average Bonchev–Trinajstić information content (AvgIpc) is 3.61. The van der Waals surface area contributed by atoms with Crippen molar-refractivity contribution in [2.75, 3.05) is 58.9 Å². The van der Waals surface area contributed by atoms with Crippen molar-refractivity contribution in [3.05, 3.63) is 18.2 Å². The largest absolute Gasteiger partial charge is 0.497 e. The van der Waals surface area contributed by atoms with E-state index in [-0.39, 0.29) is 24.0 Å². The maximum absolute atomic E-state index is 5.41. The maximum atomic E-state index is 5.41. The molecule has 1 saturated carbocycles. The number of piperidine rings is 1. The van der Waals surface area contributed by atoms with E-state index in [4.69, 9.17) is 9.47 Å². The number of guanidine groups is 1. The molecule has 2 N–H and O–H groups in total. The van der Waals surface area contributed by atoms with Gasteiger partial charge in [-0.15, -0.1) is 24.0 Å². The van der Waals surface area contributed by atoms with Gasteiger partial charge in [0, 0.05) is 69.2 Å². The lowest BCUT2D eigenvalue weighted by Gasteiger charge is -2.35. The minimum Gasteiger partial charge on any atom is -0.497 e. The molecule has 1 aromatic carbocycles. The number of benzene rings is 1. The number of hydrogen-bond acceptors (Lipinski definition) is 5. The topological polar surface area (TPSA) is 61.4 Å². The minimum atomic E-state index is 0. The van der Waals surface area contributed by atoms with E-state index in [0.717, 1.165) is 74.8 Å². The molecule has 170 valence electrons. The predicted octanol–water partition coefficient (Wildman–Crippen LogP) is 2.94. The van der Waals surface area contributed by atoms with Gasteiger partial charge in [-0.25, -0.2) is 0 Å². The molecule has 0 radical (unpaired) electrons. The van der Waals surface area contributed by atoms with E-state index in [1.165, 1.54) is 12.8 Å². The molecule has 0 unspecified atom stereocenters. The van der Waals surface area contributed by atoms with Crippen LogP contribution in [0, 0.1) is 0 Å². The first-order valence-electron chi connectivity index (χ1n) is 10.9. The molecular formula is C22H38IN5O2. The van der Waals surface area contributed by atoms with Crippen LogP contribution in [0.25, 0.3) is 0 Å². The first-order valence-corrected chi connectivity index (χ1v) is 10.9. The lowest BCUT2D eigenvalue weighted by atomic mass is 10.0. The Hall–Kier alpha value is -1.42. The highest BCUT2D eigenvalue weighted by molar-refractivity contribution is 14.0. The van der Waals surface area contributed by atoms with E-state index < -0.39 is 0 Å². The second kappa shape index (κ2) is 12.4. The molecule has 1 aliphatic carbocycles. The smallest absolute Gasteiger partial charge is 0.191 e. The van der Waals surface area contributed by atoms with Gasteiger partial charge in [-0.3, -0.25) is 9.89 Å². The molecule has 0 aromatic heterocycles. The van der Waals surface area contributed by atoms with Crippen molar-refractivity contribution in [1.29, 1.82) is 0 Å². The molecule has 3 rings (SSSR count). The van der Waals surface area contributed by atoms with Crippen LogP contribution in [0.2, 0.25) is 0 Å². The quantitative estimate of drug-likeness (QED) is 0.291. The number of aliphatic imine (C=N–C) groups is 1. The van der Waals surface area contributed by atoms with E-state index in [0.29, 0.717) is 6.04 Å². The molecule has 0 spiro atoms. The Kier molecular flexibility index (Phi) is 10.3. The highest BCUT2D eigenvalue weighted by atomic mass is 127. The molecule has 8 heteroatoms. The number of rotatable bonds is 9. The number of halogens is 1. The summed E-state index contributed by atoms with van der Waals surface area (Å²) in [5.41, 5.74) is 1.15. The summed E-state index contributed by atoms with van der Waals surface area (Å²) in [6, 6.07) is 7.33. The summed E-state index contributed by atoms with van der Waals surface area (Å²) in [6.07, 6.45) is 4.86. The lowest BCUT2D eigenvalue weighted by Crippen LogP contribution is -2.49.